The van der Waals surface area contributed by atoms with E-state index >= 15 is 0 Å². The molecule has 0 aliphatic rings. The molecule has 32 heavy (non-hydrogen) atoms. The molecule has 0 nitrogen and oxygen atoms in total. The van der Waals surface area contributed by atoms with E-state index in [1.807, 2.05) is 11.3 Å². The van der Waals surface area contributed by atoms with Crippen LogP contribution in [0.25, 0.3) is 63.6 Å². The van der Waals surface area contributed by atoms with E-state index < -0.39 is 0 Å². The molecule has 150 valence electrons. The summed E-state index contributed by atoms with van der Waals surface area (Å²) in [6.07, 6.45) is 0. The van der Waals surface area contributed by atoms with Crippen molar-refractivity contribution < 1.29 is 0 Å². The molecule has 0 radical (unpaired) electrons. The molecule has 1 heterocycles. The molecule has 0 saturated heterocycles. The van der Waals surface area contributed by atoms with Gasteiger partial charge in [-0.2, -0.15) is 0 Å². The minimum absolute atomic E-state index is 1.14. The summed E-state index contributed by atoms with van der Waals surface area (Å²) in [6.45, 7) is 0. The van der Waals surface area contributed by atoms with Gasteiger partial charge in [0.1, 0.15) is 0 Å². The van der Waals surface area contributed by atoms with Gasteiger partial charge in [-0.05, 0) is 61.6 Å². The number of rotatable bonds is 1. The highest BCUT2D eigenvalue weighted by atomic mass is 79.9. The summed E-state index contributed by atoms with van der Waals surface area (Å²) in [5.74, 6) is 0. The Labute approximate surface area is 197 Å². The molecule has 0 spiro atoms. The fraction of sp³-hybridized carbons (Fsp3) is 0. The standard InChI is InChI=1S/C30H17BrS/c31-27-16-20(15-19-8-2-3-9-21(19)27)26-17-28-29(24-12-6-5-11-23(24)26)25-14-13-18-7-1-4-10-22(18)30(25)32-28/h1-17H. The van der Waals surface area contributed by atoms with Gasteiger partial charge in [-0.25, -0.2) is 0 Å². The van der Waals surface area contributed by atoms with Crippen molar-refractivity contribution in [2.75, 3.05) is 0 Å². The van der Waals surface area contributed by atoms with Gasteiger partial charge in [0, 0.05) is 24.6 Å². The summed E-state index contributed by atoms with van der Waals surface area (Å²) in [7, 11) is 0. The lowest BCUT2D eigenvalue weighted by molar-refractivity contribution is 1.68. The van der Waals surface area contributed by atoms with E-state index in [-0.39, 0.29) is 0 Å². The molecule has 0 aliphatic heterocycles. The van der Waals surface area contributed by atoms with Crippen molar-refractivity contribution in [3.8, 4) is 11.1 Å². The van der Waals surface area contributed by atoms with E-state index in [0.29, 0.717) is 0 Å². The number of halogens is 1. The van der Waals surface area contributed by atoms with Gasteiger partial charge < -0.3 is 0 Å². The van der Waals surface area contributed by atoms with Crippen LogP contribution in [0.2, 0.25) is 0 Å². The summed E-state index contributed by atoms with van der Waals surface area (Å²) >= 11 is 5.73. The molecule has 0 atom stereocenters. The fourth-order valence-corrected chi connectivity index (χ4v) is 6.93. The lowest BCUT2D eigenvalue weighted by atomic mass is 9.93. The lowest BCUT2D eigenvalue weighted by Crippen LogP contribution is -1.84. The molecule has 0 fully saturated rings. The number of hydrogen-bond acceptors (Lipinski definition) is 1. The zero-order valence-corrected chi connectivity index (χ0v) is 19.5. The maximum Gasteiger partial charge on any atom is 0.0434 e. The normalized spacial score (nSPS) is 11.9. The Hall–Kier alpha value is -3.20. The SMILES string of the molecule is Brc1cc(-c2cc3sc4c5ccccc5ccc4c3c3ccccc23)cc2ccccc12. The summed E-state index contributed by atoms with van der Waals surface area (Å²) in [5, 5.41) is 10.5. The number of hydrogen-bond donors (Lipinski definition) is 0. The highest BCUT2D eigenvalue weighted by Gasteiger charge is 2.15. The minimum Gasteiger partial charge on any atom is -0.134 e. The van der Waals surface area contributed by atoms with E-state index in [0.717, 1.165) is 4.47 Å². The summed E-state index contributed by atoms with van der Waals surface area (Å²) in [6, 6.07) is 37.6. The van der Waals surface area contributed by atoms with Crippen molar-refractivity contribution in [2.24, 2.45) is 0 Å². The molecule has 7 rings (SSSR count). The van der Waals surface area contributed by atoms with Crippen LogP contribution in [-0.2, 0) is 0 Å². The first-order valence-electron chi connectivity index (χ1n) is 10.7. The van der Waals surface area contributed by atoms with Crippen LogP contribution < -0.4 is 0 Å². The molecule has 0 N–H and O–H groups in total. The molecule has 1 aromatic heterocycles. The van der Waals surface area contributed by atoms with Gasteiger partial charge >= 0.3 is 0 Å². The van der Waals surface area contributed by atoms with Crippen LogP contribution in [0.1, 0.15) is 0 Å². The van der Waals surface area contributed by atoms with Crippen molar-refractivity contribution in [2.45, 2.75) is 0 Å². The largest absolute Gasteiger partial charge is 0.134 e. The van der Waals surface area contributed by atoms with E-state index in [1.54, 1.807) is 0 Å². The van der Waals surface area contributed by atoms with Crippen molar-refractivity contribution >= 4 is 79.8 Å². The van der Waals surface area contributed by atoms with Gasteiger partial charge in [0.05, 0.1) is 0 Å². The lowest BCUT2D eigenvalue weighted by Gasteiger charge is -2.11. The summed E-state index contributed by atoms with van der Waals surface area (Å²) in [4.78, 5) is 0. The Morgan fingerprint density at radius 3 is 2.06 bits per heavy atom. The predicted molar refractivity (Wildman–Crippen MR) is 145 cm³/mol. The van der Waals surface area contributed by atoms with Gasteiger partial charge in [-0.1, -0.05) is 101 Å². The third kappa shape index (κ3) is 2.60. The predicted octanol–water partition coefficient (Wildman–Crippen LogP) is 9.94. The van der Waals surface area contributed by atoms with Crippen LogP contribution in [0.3, 0.4) is 0 Å². The molecule has 7 aromatic rings. The summed E-state index contributed by atoms with van der Waals surface area (Å²) < 4.78 is 3.85. The van der Waals surface area contributed by atoms with Crippen LogP contribution in [-0.4, -0.2) is 0 Å². The number of fused-ring (bicyclic) bond motifs is 8. The molecule has 2 heteroatoms. The third-order valence-electron chi connectivity index (χ3n) is 6.49. The zero-order chi connectivity index (χ0) is 21.2. The fourth-order valence-electron chi connectivity index (χ4n) is 5.03. The van der Waals surface area contributed by atoms with Crippen molar-refractivity contribution in [1.29, 1.82) is 0 Å². The first-order chi connectivity index (χ1) is 15.8. The Morgan fingerprint density at radius 1 is 0.531 bits per heavy atom. The van der Waals surface area contributed by atoms with Gasteiger partial charge in [0.2, 0.25) is 0 Å². The molecular weight excluding hydrogens is 472 g/mol. The number of benzene rings is 6. The smallest absolute Gasteiger partial charge is 0.0434 e. The third-order valence-corrected chi connectivity index (χ3v) is 8.33. The average molecular weight is 489 g/mol. The molecule has 0 amide bonds. The summed E-state index contributed by atoms with van der Waals surface area (Å²) in [5.41, 5.74) is 2.53. The molecule has 0 aliphatic carbocycles. The second-order valence-corrected chi connectivity index (χ2v) is 10.2. The van der Waals surface area contributed by atoms with E-state index in [4.69, 9.17) is 0 Å². The quantitative estimate of drug-likeness (QED) is 0.215. The van der Waals surface area contributed by atoms with Crippen LogP contribution in [0.15, 0.2) is 108 Å². The molecule has 0 saturated carbocycles. The van der Waals surface area contributed by atoms with Gasteiger partial charge in [0.25, 0.3) is 0 Å². The maximum atomic E-state index is 3.82. The van der Waals surface area contributed by atoms with Crippen molar-refractivity contribution in [3.63, 3.8) is 0 Å². The highest BCUT2D eigenvalue weighted by molar-refractivity contribution is 9.10. The van der Waals surface area contributed by atoms with Crippen LogP contribution in [0.5, 0.6) is 0 Å². The molecule has 0 bridgehead atoms. The van der Waals surface area contributed by atoms with Crippen LogP contribution in [0.4, 0.5) is 0 Å². The Bertz CT molecular complexity index is 1840. The first-order valence-corrected chi connectivity index (χ1v) is 12.3. The van der Waals surface area contributed by atoms with Crippen molar-refractivity contribution in [3.05, 3.63) is 108 Å². The Kier molecular flexibility index (Phi) is 3.96. The second kappa shape index (κ2) is 6.90. The average Bonchev–Trinajstić information content (AvgIpc) is 3.23. The van der Waals surface area contributed by atoms with E-state index in [1.165, 1.54) is 63.6 Å². The number of thiophene rings is 1. The van der Waals surface area contributed by atoms with Gasteiger partial charge in [0.15, 0.2) is 0 Å². The van der Waals surface area contributed by atoms with Crippen LogP contribution >= 0.6 is 27.3 Å². The second-order valence-electron chi connectivity index (χ2n) is 8.29. The topological polar surface area (TPSA) is 0 Å². The highest BCUT2D eigenvalue weighted by Crippen LogP contribution is 2.45. The van der Waals surface area contributed by atoms with Gasteiger partial charge in [-0.15, -0.1) is 11.3 Å². The van der Waals surface area contributed by atoms with E-state index in [9.17, 15) is 0 Å². The van der Waals surface area contributed by atoms with E-state index in [2.05, 4.69) is 119 Å². The molecule has 6 aromatic carbocycles. The maximum absolute atomic E-state index is 3.82. The minimum atomic E-state index is 1.14. The molecular formula is C30H17BrS. The zero-order valence-electron chi connectivity index (χ0n) is 17.1. The molecule has 0 unspecified atom stereocenters. The van der Waals surface area contributed by atoms with Crippen molar-refractivity contribution in [1.82, 2.24) is 0 Å². The van der Waals surface area contributed by atoms with Gasteiger partial charge in [-0.3, -0.25) is 0 Å². The Morgan fingerprint density at radius 2 is 1.22 bits per heavy atom. The monoisotopic (exact) mass is 488 g/mol. The van der Waals surface area contributed by atoms with Crippen LogP contribution in [0, 0.1) is 0 Å². The first kappa shape index (κ1) is 18.4. The Balaban J connectivity index is 1.64.